The number of phenolic OH excluding ortho intramolecular Hbond substituents is 1. The average molecular weight is 320 g/mol. The van der Waals surface area contributed by atoms with Gasteiger partial charge in [0, 0.05) is 18.3 Å². The van der Waals surface area contributed by atoms with Crippen molar-refractivity contribution in [2.24, 2.45) is 0 Å². The topological polar surface area (TPSA) is 52.6 Å². The number of urea groups is 1. The quantitative estimate of drug-likeness (QED) is 0.898. The molecule has 0 heterocycles. The summed E-state index contributed by atoms with van der Waals surface area (Å²) in [6, 6.07) is 5.95. The number of nitrogens with one attached hydrogen (secondary N) is 1. The van der Waals surface area contributed by atoms with Crippen LogP contribution in [0.2, 0.25) is 0 Å². The number of hydrogen-bond acceptors (Lipinski definition) is 3. The van der Waals surface area contributed by atoms with Crippen LogP contribution in [0.25, 0.3) is 0 Å². The molecule has 1 aromatic carbocycles. The molecule has 0 aromatic heterocycles. The van der Waals surface area contributed by atoms with Crippen LogP contribution < -0.4 is 5.32 Å². The Hall–Kier alpha value is -1.36. The second-order valence-electron chi connectivity index (χ2n) is 6.32. The van der Waals surface area contributed by atoms with E-state index in [2.05, 4.69) is 11.6 Å². The predicted octanol–water partition coefficient (Wildman–Crippen LogP) is 3.31. The SMILES string of the molecule is CS[C@@H]1CC[C@H](N(C)C(=O)N[C@@H]2CCc3c(O)cccc32)C1. The summed E-state index contributed by atoms with van der Waals surface area (Å²) < 4.78 is 0. The first-order valence-electron chi connectivity index (χ1n) is 7.97. The van der Waals surface area contributed by atoms with Crippen LogP contribution in [-0.2, 0) is 6.42 Å². The summed E-state index contributed by atoms with van der Waals surface area (Å²) >= 11 is 1.90. The Labute approximate surface area is 136 Å². The van der Waals surface area contributed by atoms with Gasteiger partial charge in [-0.25, -0.2) is 4.79 Å². The third-order valence-corrected chi connectivity index (χ3v) is 6.20. The zero-order chi connectivity index (χ0) is 15.7. The van der Waals surface area contributed by atoms with Gasteiger partial charge in [-0.3, -0.25) is 0 Å². The lowest BCUT2D eigenvalue weighted by Crippen LogP contribution is -2.43. The maximum absolute atomic E-state index is 12.5. The molecular formula is C17H24N2O2S. The largest absolute Gasteiger partial charge is 0.508 e. The van der Waals surface area contributed by atoms with Gasteiger partial charge in [0.15, 0.2) is 0 Å². The van der Waals surface area contributed by atoms with Crippen molar-refractivity contribution in [3.63, 3.8) is 0 Å². The van der Waals surface area contributed by atoms with Crippen LogP contribution in [0.4, 0.5) is 4.79 Å². The van der Waals surface area contributed by atoms with Gasteiger partial charge in [0.05, 0.1) is 6.04 Å². The van der Waals surface area contributed by atoms with E-state index < -0.39 is 0 Å². The van der Waals surface area contributed by atoms with E-state index in [1.54, 1.807) is 6.07 Å². The molecule has 2 N–H and O–H groups in total. The Morgan fingerprint density at radius 3 is 2.91 bits per heavy atom. The number of nitrogens with zero attached hydrogens (tertiary/aromatic N) is 1. The van der Waals surface area contributed by atoms with E-state index in [4.69, 9.17) is 0 Å². The molecule has 0 radical (unpaired) electrons. The van der Waals surface area contributed by atoms with E-state index in [9.17, 15) is 9.90 Å². The molecule has 22 heavy (non-hydrogen) atoms. The molecule has 1 fully saturated rings. The fourth-order valence-corrected chi connectivity index (χ4v) is 4.47. The van der Waals surface area contributed by atoms with Crippen molar-refractivity contribution in [1.29, 1.82) is 0 Å². The van der Waals surface area contributed by atoms with Crippen molar-refractivity contribution in [2.75, 3.05) is 13.3 Å². The zero-order valence-electron chi connectivity index (χ0n) is 13.2. The minimum absolute atomic E-state index is 0.00736. The van der Waals surface area contributed by atoms with Crippen molar-refractivity contribution in [1.82, 2.24) is 10.2 Å². The molecule has 0 unspecified atom stereocenters. The molecule has 2 aliphatic rings. The third-order valence-electron chi connectivity index (χ3n) is 5.10. The van der Waals surface area contributed by atoms with Crippen molar-refractivity contribution < 1.29 is 9.90 Å². The van der Waals surface area contributed by atoms with Crippen LogP contribution in [0.15, 0.2) is 18.2 Å². The number of carbonyl (C=O) groups excluding carboxylic acids is 1. The highest BCUT2D eigenvalue weighted by molar-refractivity contribution is 7.99. The average Bonchev–Trinajstić information content (AvgIpc) is 3.14. The van der Waals surface area contributed by atoms with E-state index in [1.807, 2.05) is 35.8 Å². The summed E-state index contributed by atoms with van der Waals surface area (Å²) in [7, 11) is 1.90. The number of phenols is 1. The molecule has 1 saturated carbocycles. The number of thioether (sulfide) groups is 1. The molecule has 0 aliphatic heterocycles. The fraction of sp³-hybridized carbons (Fsp3) is 0.588. The highest BCUT2D eigenvalue weighted by atomic mass is 32.2. The van der Waals surface area contributed by atoms with Crippen molar-refractivity contribution in [2.45, 2.75) is 49.4 Å². The summed E-state index contributed by atoms with van der Waals surface area (Å²) in [5.74, 6) is 0.348. The number of fused-ring (bicyclic) bond motifs is 1. The lowest BCUT2D eigenvalue weighted by Gasteiger charge is -2.27. The highest BCUT2D eigenvalue weighted by Crippen LogP contribution is 2.36. The first-order valence-corrected chi connectivity index (χ1v) is 9.25. The second kappa shape index (κ2) is 6.41. The maximum atomic E-state index is 12.5. The van der Waals surface area contributed by atoms with Gasteiger partial charge in [-0.1, -0.05) is 12.1 Å². The van der Waals surface area contributed by atoms with Crippen LogP contribution >= 0.6 is 11.8 Å². The molecule has 0 spiro atoms. The minimum Gasteiger partial charge on any atom is -0.508 e. The molecule has 2 amide bonds. The first kappa shape index (κ1) is 15.5. The predicted molar refractivity (Wildman–Crippen MR) is 90.4 cm³/mol. The summed E-state index contributed by atoms with van der Waals surface area (Å²) in [6.45, 7) is 0. The zero-order valence-corrected chi connectivity index (χ0v) is 14.0. The first-order chi connectivity index (χ1) is 10.6. The van der Waals surface area contributed by atoms with Crippen molar-refractivity contribution in [3.8, 4) is 5.75 Å². The molecule has 2 aliphatic carbocycles. The van der Waals surface area contributed by atoms with Crippen molar-refractivity contribution >= 4 is 17.8 Å². The van der Waals surface area contributed by atoms with Crippen molar-refractivity contribution in [3.05, 3.63) is 29.3 Å². The molecule has 3 atom stereocenters. The number of amides is 2. The molecular weight excluding hydrogens is 296 g/mol. The molecule has 0 saturated heterocycles. The van der Waals surface area contributed by atoms with Crippen LogP contribution in [0.5, 0.6) is 5.75 Å². The second-order valence-corrected chi connectivity index (χ2v) is 7.46. The number of rotatable bonds is 3. The van der Waals surface area contributed by atoms with Crippen LogP contribution in [0.3, 0.4) is 0 Å². The van der Waals surface area contributed by atoms with Gasteiger partial charge in [0.25, 0.3) is 0 Å². The molecule has 0 bridgehead atoms. The third kappa shape index (κ3) is 2.91. The summed E-state index contributed by atoms with van der Waals surface area (Å²) in [6.07, 6.45) is 7.22. The van der Waals surface area contributed by atoms with E-state index in [0.29, 0.717) is 17.0 Å². The Morgan fingerprint density at radius 1 is 1.36 bits per heavy atom. The standard InChI is InChI=1S/C17H24N2O2S/c1-19(11-6-7-12(10-11)22-2)17(21)18-15-9-8-14-13(15)4-3-5-16(14)20/h3-5,11-12,15,20H,6-10H2,1-2H3,(H,18,21)/t11-,12+,15+/m0/s1. The summed E-state index contributed by atoms with van der Waals surface area (Å²) in [4.78, 5) is 14.4. The monoisotopic (exact) mass is 320 g/mol. The molecule has 3 rings (SSSR count). The maximum Gasteiger partial charge on any atom is 0.317 e. The fourth-order valence-electron chi connectivity index (χ4n) is 3.68. The molecule has 120 valence electrons. The van der Waals surface area contributed by atoms with Crippen LogP contribution in [-0.4, -0.2) is 40.6 Å². The minimum atomic E-state index is 0.00736. The van der Waals surface area contributed by atoms with Gasteiger partial charge >= 0.3 is 6.03 Å². The molecule has 1 aromatic rings. The summed E-state index contributed by atoms with van der Waals surface area (Å²) in [5, 5.41) is 13.7. The Balaban J connectivity index is 1.63. The number of hydrogen-bond donors (Lipinski definition) is 2. The van der Waals surface area contributed by atoms with E-state index in [0.717, 1.165) is 36.8 Å². The van der Waals surface area contributed by atoms with E-state index in [1.165, 1.54) is 6.42 Å². The number of aromatic hydroxyl groups is 1. The van der Waals surface area contributed by atoms with Crippen LogP contribution in [0, 0.1) is 0 Å². The Kier molecular flexibility index (Phi) is 4.52. The van der Waals surface area contributed by atoms with Gasteiger partial charge in [-0.15, -0.1) is 0 Å². The van der Waals surface area contributed by atoms with Gasteiger partial charge in [-0.05, 0) is 55.6 Å². The van der Waals surface area contributed by atoms with E-state index in [-0.39, 0.29) is 12.1 Å². The lowest BCUT2D eigenvalue weighted by molar-refractivity contribution is 0.187. The van der Waals surface area contributed by atoms with E-state index >= 15 is 0 Å². The Bertz CT molecular complexity index is 564. The lowest BCUT2D eigenvalue weighted by atomic mass is 10.1. The number of carbonyl (C=O) groups is 1. The normalized spacial score (nSPS) is 26.7. The molecule has 5 heteroatoms. The smallest absolute Gasteiger partial charge is 0.317 e. The van der Waals surface area contributed by atoms with Gasteiger partial charge in [0.1, 0.15) is 5.75 Å². The summed E-state index contributed by atoms with van der Waals surface area (Å²) in [5.41, 5.74) is 2.05. The van der Waals surface area contributed by atoms with Gasteiger partial charge in [-0.2, -0.15) is 11.8 Å². The highest BCUT2D eigenvalue weighted by Gasteiger charge is 2.32. The molecule has 4 nitrogen and oxygen atoms in total. The number of benzene rings is 1. The van der Waals surface area contributed by atoms with Crippen LogP contribution in [0.1, 0.15) is 42.9 Å². The Morgan fingerprint density at radius 2 is 2.18 bits per heavy atom. The van der Waals surface area contributed by atoms with Gasteiger partial charge < -0.3 is 15.3 Å². The van der Waals surface area contributed by atoms with Gasteiger partial charge in [0.2, 0.25) is 0 Å².